The first kappa shape index (κ1) is 55.6. The van der Waals surface area contributed by atoms with Crippen LogP contribution in [0.2, 0.25) is 0 Å². The Bertz CT molecular complexity index is 1210. The number of aliphatic hydroxyl groups excluding tert-OH is 2. The lowest BCUT2D eigenvalue weighted by atomic mass is 10.0. The van der Waals surface area contributed by atoms with Gasteiger partial charge in [0.05, 0.1) is 40.0 Å². The average molecular weight is 841 g/mol. The molecule has 0 aliphatic carbocycles. The fraction of sp³-hybridized carbons (Fsp3) is 0.739. The fourth-order valence-corrected chi connectivity index (χ4v) is 6.30. The number of quaternary nitrogens is 1. The topological polar surface area (TPSA) is 149 Å². The van der Waals surface area contributed by atoms with Crippen LogP contribution < -0.4 is 0 Å². The normalized spacial score (nSPS) is 15.2. The summed E-state index contributed by atoms with van der Waals surface area (Å²) in [6.45, 7) is 4.00. The van der Waals surface area contributed by atoms with E-state index in [0.29, 0.717) is 23.9 Å². The molecule has 0 amide bonds. The molecule has 0 radical (unpaired) electrons. The number of hydrogen-bond acceptors (Lipinski definition) is 9. The summed E-state index contributed by atoms with van der Waals surface area (Å²) in [5, 5.41) is 20.7. The first-order valence-corrected chi connectivity index (χ1v) is 23.7. The molecule has 0 aromatic carbocycles. The number of esters is 2. The SMILES string of the molecule is CCCCC/C=C\C/C=C\C/C=C\CC(O)C(O)CCCC(=O)OC[C@H](COP(=O)(O)OCC[N+](C)(C)C)OC(=O)CCCCCCC/C=C\C/C=C\CCCCC. The molecule has 58 heavy (non-hydrogen) atoms. The van der Waals surface area contributed by atoms with Crippen LogP contribution in [0.1, 0.15) is 155 Å². The molecule has 0 saturated heterocycles. The third-order valence-electron chi connectivity index (χ3n) is 9.22. The Morgan fingerprint density at radius 2 is 1.10 bits per heavy atom. The van der Waals surface area contributed by atoms with Crippen LogP contribution in [-0.4, -0.2) is 97.3 Å². The minimum absolute atomic E-state index is 0.0188. The molecule has 0 aliphatic rings. The Hall–Kier alpha value is -2.37. The zero-order valence-electron chi connectivity index (χ0n) is 37.0. The highest BCUT2D eigenvalue weighted by molar-refractivity contribution is 7.47. The maximum atomic E-state index is 12.7. The van der Waals surface area contributed by atoms with Crippen molar-refractivity contribution in [2.75, 3.05) is 47.5 Å². The van der Waals surface area contributed by atoms with E-state index in [-0.39, 0.29) is 38.9 Å². The molecule has 0 saturated carbocycles. The molecule has 0 spiro atoms. The van der Waals surface area contributed by atoms with Gasteiger partial charge in [0.15, 0.2) is 6.10 Å². The van der Waals surface area contributed by atoms with Gasteiger partial charge in [0, 0.05) is 12.8 Å². The van der Waals surface area contributed by atoms with E-state index in [9.17, 15) is 29.3 Å². The van der Waals surface area contributed by atoms with Crippen LogP contribution in [0.25, 0.3) is 0 Å². The van der Waals surface area contributed by atoms with Crippen molar-refractivity contribution in [2.45, 2.75) is 173 Å². The van der Waals surface area contributed by atoms with Gasteiger partial charge in [0.1, 0.15) is 19.8 Å². The van der Waals surface area contributed by atoms with Gasteiger partial charge in [-0.1, -0.05) is 120 Å². The van der Waals surface area contributed by atoms with Gasteiger partial charge in [0.25, 0.3) is 0 Å². The molecule has 11 nitrogen and oxygen atoms in total. The smallest absolute Gasteiger partial charge is 0.462 e. The number of unbranched alkanes of at least 4 members (excludes halogenated alkanes) is 11. The van der Waals surface area contributed by atoms with Crippen molar-refractivity contribution in [3.63, 3.8) is 0 Å². The Kier molecular flexibility index (Phi) is 36.1. The summed E-state index contributed by atoms with van der Waals surface area (Å²) in [4.78, 5) is 35.4. The van der Waals surface area contributed by atoms with E-state index in [1.165, 1.54) is 38.5 Å². The zero-order chi connectivity index (χ0) is 43.2. The summed E-state index contributed by atoms with van der Waals surface area (Å²) in [6.07, 6.45) is 37.3. The second-order valence-electron chi connectivity index (χ2n) is 16.0. The Balaban J connectivity index is 4.63. The van der Waals surface area contributed by atoms with Crippen molar-refractivity contribution >= 4 is 19.8 Å². The average Bonchev–Trinajstić information content (AvgIpc) is 3.17. The Morgan fingerprint density at radius 3 is 1.67 bits per heavy atom. The molecule has 4 atom stereocenters. The first-order chi connectivity index (χ1) is 27.8. The predicted molar refractivity (Wildman–Crippen MR) is 236 cm³/mol. The number of carbonyl (C=O) groups excluding carboxylic acids is 2. The molecule has 0 heterocycles. The highest BCUT2D eigenvalue weighted by Gasteiger charge is 2.27. The quantitative estimate of drug-likeness (QED) is 0.0180. The van der Waals surface area contributed by atoms with E-state index < -0.39 is 44.7 Å². The highest BCUT2D eigenvalue weighted by Crippen LogP contribution is 2.43. The number of phosphoric ester groups is 1. The van der Waals surface area contributed by atoms with Crippen LogP contribution >= 0.6 is 7.82 Å². The van der Waals surface area contributed by atoms with Gasteiger partial charge < -0.3 is 29.1 Å². The fourth-order valence-electron chi connectivity index (χ4n) is 5.56. The number of allylic oxidation sites excluding steroid dienone is 9. The van der Waals surface area contributed by atoms with Crippen LogP contribution in [0.4, 0.5) is 0 Å². The van der Waals surface area contributed by atoms with Crippen LogP contribution in [-0.2, 0) is 32.7 Å². The monoisotopic (exact) mass is 841 g/mol. The van der Waals surface area contributed by atoms with Crippen LogP contribution in [0.15, 0.2) is 60.8 Å². The van der Waals surface area contributed by atoms with E-state index in [1.54, 1.807) is 0 Å². The molecule has 0 bridgehead atoms. The summed E-state index contributed by atoms with van der Waals surface area (Å²) < 4.78 is 34.1. The van der Waals surface area contributed by atoms with Gasteiger partial charge in [-0.25, -0.2) is 4.57 Å². The van der Waals surface area contributed by atoms with Crippen molar-refractivity contribution in [3.8, 4) is 0 Å². The molecule has 3 unspecified atom stereocenters. The van der Waals surface area contributed by atoms with Gasteiger partial charge in [-0.05, 0) is 83.5 Å². The molecule has 0 rings (SSSR count). The number of aliphatic hydroxyl groups is 2. The molecule has 336 valence electrons. The molecule has 0 aliphatic heterocycles. The van der Waals surface area contributed by atoms with Gasteiger partial charge in [0.2, 0.25) is 0 Å². The van der Waals surface area contributed by atoms with Crippen molar-refractivity contribution in [1.82, 2.24) is 0 Å². The lowest BCUT2D eigenvalue weighted by molar-refractivity contribution is -0.870. The summed E-state index contributed by atoms with van der Waals surface area (Å²) in [5.74, 6) is -1.10. The van der Waals surface area contributed by atoms with Crippen molar-refractivity contribution in [1.29, 1.82) is 0 Å². The van der Waals surface area contributed by atoms with Crippen LogP contribution in [0.3, 0.4) is 0 Å². The number of nitrogens with zero attached hydrogens (tertiary/aromatic N) is 1. The Morgan fingerprint density at radius 1 is 0.603 bits per heavy atom. The lowest BCUT2D eigenvalue weighted by Crippen LogP contribution is -2.37. The summed E-state index contributed by atoms with van der Waals surface area (Å²) in [6, 6.07) is 0. The number of rotatable bonds is 39. The molecule has 0 fully saturated rings. The molecule has 0 aromatic rings. The van der Waals surface area contributed by atoms with Crippen molar-refractivity contribution in [2.24, 2.45) is 0 Å². The van der Waals surface area contributed by atoms with Crippen LogP contribution in [0.5, 0.6) is 0 Å². The van der Waals surface area contributed by atoms with Gasteiger partial charge in [-0.15, -0.1) is 0 Å². The van der Waals surface area contributed by atoms with Gasteiger partial charge >= 0.3 is 19.8 Å². The van der Waals surface area contributed by atoms with E-state index in [4.69, 9.17) is 18.5 Å². The molecule has 0 aromatic heterocycles. The van der Waals surface area contributed by atoms with Gasteiger partial charge in [-0.3, -0.25) is 18.6 Å². The zero-order valence-corrected chi connectivity index (χ0v) is 37.9. The minimum atomic E-state index is -4.45. The summed E-state index contributed by atoms with van der Waals surface area (Å²) in [5.41, 5.74) is 0. The number of likely N-dealkylation sites (N-methyl/N-ethyl adjacent to an activating group) is 1. The minimum Gasteiger partial charge on any atom is -0.462 e. The molecular weight excluding hydrogens is 757 g/mol. The molecule has 12 heteroatoms. The first-order valence-electron chi connectivity index (χ1n) is 22.2. The van der Waals surface area contributed by atoms with E-state index in [2.05, 4.69) is 62.5 Å². The second kappa shape index (κ2) is 37.6. The molecular formula is C46H83NO10P+. The van der Waals surface area contributed by atoms with Crippen LogP contribution in [0, 0.1) is 0 Å². The maximum absolute atomic E-state index is 12.7. The standard InChI is InChI=1S/C46H82NO10P/c1-6-8-10-12-14-16-18-20-21-22-24-26-28-30-32-36-46(51)57-42(41-56-58(52,53)55-39-38-47(3,4)5)40-54-45(50)37-33-35-44(49)43(48)34-31-29-27-25-23-19-17-15-13-11-9-7-2/h14-17,20-21,23,25,29,31,42-44,48-49H,6-13,18-19,22,24,26-28,30,32-41H2,1-5H3/p+1/b16-14-,17-15-,21-20-,25-23-,31-29-/t42-,43?,44?/m1/s1. The van der Waals surface area contributed by atoms with Crippen molar-refractivity contribution in [3.05, 3.63) is 60.8 Å². The summed E-state index contributed by atoms with van der Waals surface area (Å²) in [7, 11) is 1.30. The van der Waals surface area contributed by atoms with Crippen molar-refractivity contribution < 1.29 is 52.3 Å². The largest absolute Gasteiger partial charge is 0.472 e. The van der Waals surface area contributed by atoms with E-state index in [0.717, 1.165) is 64.2 Å². The van der Waals surface area contributed by atoms with Gasteiger partial charge in [-0.2, -0.15) is 0 Å². The molecule has 3 N–H and O–H groups in total. The van der Waals surface area contributed by atoms with E-state index >= 15 is 0 Å². The number of carbonyl (C=O) groups is 2. The number of phosphoric acid groups is 1. The summed E-state index contributed by atoms with van der Waals surface area (Å²) >= 11 is 0. The number of ether oxygens (including phenoxy) is 2. The number of hydrogen-bond donors (Lipinski definition) is 3. The lowest BCUT2D eigenvalue weighted by Gasteiger charge is -2.24. The Labute approximate surface area is 352 Å². The maximum Gasteiger partial charge on any atom is 0.472 e. The third kappa shape index (κ3) is 39.1. The highest BCUT2D eigenvalue weighted by atomic mass is 31.2. The third-order valence-corrected chi connectivity index (χ3v) is 10.2. The predicted octanol–water partition coefficient (Wildman–Crippen LogP) is 10.4. The second-order valence-corrected chi connectivity index (χ2v) is 17.5. The van der Waals surface area contributed by atoms with E-state index in [1.807, 2.05) is 33.3 Å².